The average molecular weight is 504 g/mol. The Morgan fingerprint density at radius 1 is 0.757 bits per heavy atom. The molecule has 4 aromatic heterocycles. The standard InChI is InChI=1S/2C9H13N3.C9H11N3.CH4/c1-7(2)12-6-11-8-3-4-10-5-9(8)12;2*1-7(2)12-6-11-8-4-3-5-10-9(8)12;/h2*5-7H,3-4H2,1-2H3;3-7H,1-2H3;1H4. The molecule has 0 atom stereocenters. The maximum Gasteiger partial charge on any atom is 0.160 e. The molecule has 0 N–H and O–H groups in total. The molecule has 0 amide bonds. The molecule has 0 saturated carbocycles. The van der Waals surface area contributed by atoms with Crippen LogP contribution in [0.2, 0.25) is 0 Å². The summed E-state index contributed by atoms with van der Waals surface area (Å²) in [6.45, 7) is 13.7. The maximum absolute atomic E-state index is 4.35. The molecule has 0 fully saturated rings. The van der Waals surface area contributed by atoms with Gasteiger partial charge in [-0.1, -0.05) is 7.43 Å². The average Bonchev–Trinajstić information content (AvgIpc) is 3.61. The van der Waals surface area contributed by atoms with Gasteiger partial charge >= 0.3 is 0 Å². The number of imidazole rings is 3. The van der Waals surface area contributed by atoms with Crippen LogP contribution >= 0.6 is 0 Å². The zero-order valence-electron chi connectivity index (χ0n) is 22.2. The van der Waals surface area contributed by atoms with Crippen molar-refractivity contribution in [1.82, 2.24) is 33.6 Å². The Labute approximate surface area is 220 Å². The molecule has 6 rings (SSSR count). The van der Waals surface area contributed by atoms with E-state index in [9.17, 15) is 0 Å². The van der Waals surface area contributed by atoms with Crippen LogP contribution in [0.1, 0.15) is 90.6 Å². The van der Waals surface area contributed by atoms with Crippen molar-refractivity contribution >= 4 is 29.4 Å². The molecule has 0 aliphatic carbocycles. The Balaban J connectivity index is 0.000000152. The molecule has 37 heavy (non-hydrogen) atoms. The summed E-state index contributed by atoms with van der Waals surface area (Å²) in [5.74, 6) is 1.05. The monoisotopic (exact) mass is 503 g/mol. The fourth-order valence-corrected chi connectivity index (χ4v) is 4.16. The van der Waals surface area contributed by atoms with Crippen molar-refractivity contribution in [2.75, 3.05) is 6.54 Å². The number of hydrogen-bond acceptors (Lipinski definition) is 6. The molecule has 9 heteroatoms. The Kier molecular flexibility index (Phi) is 9.49. The van der Waals surface area contributed by atoms with E-state index >= 15 is 0 Å². The normalized spacial score (nSPS) is 13.5. The summed E-state index contributed by atoms with van der Waals surface area (Å²) in [7, 11) is 0. The van der Waals surface area contributed by atoms with Crippen LogP contribution in [0, 0.1) is 0 Å². The lowest BCUT2D eigenvalue weighted by Crippen LogP contribution is -2.09. The molecule has 0 spiro atoms. The lowest BCUT2D eigenvalue weighted by Gasteiger charge is -2.11. The molecule has 0 radical (unpaired) electrons. The molecule has 0 saturated heterocycles. The van der Waals surface area contributed by atoms with E-state index in [1.807, 2.05) is 43.5 Å². The molecule has 4 aromatic rings. The molecule has 0 bridgehead atoms. The lowest BCUT2D eigenvalue weighted by atomic mass is 10.2. The predicted octanol–water partition coefficient (Wildman–Crippen LogP) is 6.20. The highest BCUT2D eigenvalue weighted by molar-refractivity contribution is 5.80. The predicted molar refractivity (Wildman–Crippen MR) is 153 cm³/mol. The Morgan fingerprint density at radius 3 is 2.16 bits per heavy atom. The van der Waals surface area contributed by atoms with Crippen molar-refractivity contribution in [1.29, 1.82) is 0 Å². The van der Waals surface area contributed by atoms with Gasteiger partial charge in [0.2, 0.25) is 0 Å². The highest BCUT2D eigenvalue weighted by Gasteiger charge is 2.14. The van der Waals surface area contributed by atoms with Gasteiger partial charge in [0, 0.05) is 49.7 Å². The second kappa shape index (κ2) is 12.6. The lowest BCUT2D eigenvalue weighted by molar-refractivity contribution is 0.595. The highest BCUT2D eigenvalue weighted by atomic mass is 15.2. The first-order chi connectivity index (χ1) is 17.4. The maximum atomic E-state index is 4.35. The third-order valence-electron chi connectivity index (χ3n) is 6.17. The van der Waals surface area contributed by atoms with Gasteiger partial charge in [0.1, 0.15) is 5.52 Å². The van der Waals surface area contributed by atoms with E-state index in [1.165, 1.54) is 11.4 Å². The summed E-state index contributed by atoms with van der Waals surface area (Å²) in [6, 6.07) is 5.23. The number of pyridine rings is 1. The van der Waals surface area contributed by atoms with E-state index in [0.717, 1.165) is 48.5 Å². The number of aryl methyl sites for hydroxylation is 1. The molecular formula is C28H41N9. The van der Waals surface area contributed by atoms with Crippen molar-refractivity contribution in [3.8, 4) is 0 Å². The van der Waals surface area contributed by atoms with Crippen LogP contribution in [0.15, 0.2) is 47.3 Å². The van der Waals surface area contributed by atoms with E-state index in [2.05, 4.69) is 85.2 Å². The van der Waals surface area contributed by atoms with Gasteiger partial charge in [-0.15, -0.1) is 0 Å². The van der Waals surface area contributed by atoms with Crippen LogP contribution in [-0.4, -0.2) is 52.6 Å². The van der Waals surface area contributed by atoms with Crippen LogP contribution in [0.4, 0.5) is 5.82 Å². The van der Waals surface area contributed by atoms with E-state index in [-0.39, 0.29) is 7.43 Å². The molecule has 0 unspecified atom stereocenters. The van der Waals surface area contributed by atoms with Gasteiger partial charge in [0.15, 0.2) is 11.5 Å². The number of hydrogen-bond donors (Lipinski definition) is 0. The third kappa shape index (κ3) is 6.39. The van der Waals surface area contributed by atoms with E-state index in [4.69, 9.17) is 0 Å². The fraction of sp³-hybridized carbons (Fsp3) is 0.500. The Hall–Kier alpha value is -3.62. The molecule has 0 aromatic carbocycles. The Morgan fingerprint density at radius 2 is 1.43 bits per heavy atom. The topological polar surface area (TPSA) is 91.1 Å². The van der Waals surface area contributed by atoms with Gasteiger partial charge in [0.05, 0.1) is 36.1 Å². The minimum absolute atomic E-state index is 0. The van der Waals surface area contributed by atoms with Crippen LogP contribution in [0.25, 0.3) is 11.2 Å². The minimum atomic E-state index is 0. The molecule has 2 aliphatic rings. The van der Waals surface area contributed by atoms with Crippen LogP contribution < -0.4 is 0 Å². The number of rotatable bonds is 3. The SMILES string of the molecule is C.CC(C)n1cnc2c1C=NCC2.CC(C)n1cnc2c1N=CCC2.CC(C)n1cnc2cccnc21. The first-order valence-corrected chi connectivity index (χ1v) is 12.8. The summed E-state index contributed by atoms with van der Waals surface area (Å²) in [5.41, 5.74) is 5.46. The molecule has 2 aliphatic heterocycles. The fourth-order valence-electron chi connectivity index (χ4n) is 4.16. The van der Waals surface area contributed by atoms with E-state index < -0.39 is 0 Å². The smallest absolute Gasteiger partial charge is 0.160 e. The Bertz CT molecular complexity index is 1270. The summed E-state index contributed by atoms with van der Waals surface area (Å²) in [4.78, 5) is 25.8. The summed E-state index contributed by atoms with van der Waals surface area (Å²) < 4.78 is 6.35. The largest absolute Gasteiger partial charge is 0.327 e. The van der Waals surface area contributed by atoms with Crippen LogP contribution in [-0.2, 0) is 12.8 Å². The number of aliphatic imine (C=N–C) groups is 2. The van der Waals surface area contributed by atoms with Crippen LogP contribution in [0.5, 0.6) is 0 Å². The zero-order chi connectivity index (χ0) is 25.7. The third-order valence-corrected chi connectivity index (χ3v) is 6.17. The summed E-state index contributed by atoms with van der Waals surface area (Å²) in [6.07, 6.45) is 14.4. The van der Waals surface area contributed by atoms with Gasteiger partial charge in [-0.05, 0) is 66.5 Å². The quantitative estimate of drug-likeness (QED) is 0.333. The van der Waals surface area contributed by atoms with E-state index in [0.29, 0.717) is 18.1 Å². The van der Waals surface area contributed by atoms with Crippen LogP contribution in [0.3, 0.4) is 0 Å². The number of aromatic nitrogens is 7. The van der Waals surface area contributed by atoms with E-state index in [1.54, 1.807) is 6.20 Å². The summed E-state index contributed by atoms with van der Waals surface area (Å²) in [5, 5.41) is 0. The second-order valence-corrected chi connectivity index (χ2v) is 9.82. The zero-order valence-corrected chi connectivity index (χ0v) is 22.2. The van der Waals surface area contributed by atoms with Crippen molar-refractivity contribution < 1.29 is 0 Å². The number of fused-ring (bicyclic) bond motifs is 3. The van der Waals surface area contributed by atoms with Gasteiger partial charge in [-0.2, -0.15) is 0 Å². The molecular weight excluding hydrogens is 462 g/mol. The summed E-state index contributed by atoms with van der Waals surface area (Å²) >= 11 is 0. The number of nitrogens with zero attached hydrogens (tertiary/aromatic N) is 9. The highest BCUT2D eigenvalue weighted by Crippen LogP contribution is 2.25. The minimum Gasteiger partial charge on any atom is -0.327 e. The van der Waals surface area contributed by atoms with Gasteiger partial charge < -0.3 is 13.7 Å². The molecule has 6 heterocycles. The van der Waals surface area contributed by atoms with Crippen molar-refractivity contribution in [2.45, 2.75) is 86.4 Å². The van der Waals surface area contributed by atoms with Gasteiger partial charge in [-0.3, -0.25) is 4.99 Å². The first-order valence-electron chi connectivity index (χ1n) is 12.8. The van der Waals surface area contributed by atoms with Gasteiger partial charge in [-0.25, -0.2) is 24.9 Å². The molecule has 198 valence electrons. The molecule has 9 nitrogen and oxygen atoms in total. The van der Waals surface area contributed by atoms with Crippen molar-refractivity contribution in [2.24, 2.45) is 9.98 Å². The van der Waals surface area contributed by atoms with Crippen molar-refractivity contribution in [3.05, 3.63) is 54.4 Å². The second-order valence-electron chi connectivity index (χ2n) is 9.82. The van der Waals surface area contributed by atoms with Crippen molar-refractivity contribution in [3.63, 3.8) is 0 Å². The first kappa shape index (κ1) is 28.0. The van der Waals surface area contributed by atoms with Gasteiger partial charge in [0.25, 0.3) is 0 Å².